The van der Waals surface area contributed by atoms with Crippen molar-refractivity contribution in [1.29, 1.82) is 0 Å². The lowest BCUT2D eigenvalue weighted by Gasteiger charge is -2.13. The largest absolute Gasteiger partial charge is 0.481 e. The fourth-order valence-electron chi connectivity index (χ4n) is 2.47. The molecule has 0 spiro atoms. The van der Waals surface area contributed by atoms with Gasteiger partial charge in [0.1, 0.15) is 5.75 Å². The number of rotatable bonds is 6. The molecule has 1 heterocycles. The van der Waals surface area contributed by atoms with Crippen LogP contribution >= 0.6 is 11.3 Å². The number of aromatic nitrogens is 1. The number of benzene rings is 2. The van der Waals surface area contributed by atoms with Crippen LogP contribution in [0.2, 0.25) is 0 Å². The number of hydrogen-bond donors (Lipinski definition) is 2. The van der Waals surface area contributed by atoms with E-state index in [1.165, 1.54) is 18.3 Å². The highest BCUT2D eigenvalue weighted by molar-refractivity contribution is 7.14. The van der Waals surface area contributed by atoms with Gasteiger partial charge in [0.2, 0.25) is 5.91 Å². The van der Waals surface area contributed by atoms with Crippen LogP contribution < -0.4 is 15.4 Å². The van der Waals surface area contributed by atoms with Crippen LogP contribution in [0.1, 0.15) is 19.4 Å². The maximum absolute atomic E-state index is 12.4. The second-order valence-electron chi connectivity index (χ2n) is 6.36. The molecule has 28 heavy (non-hydrogen) atoms. The summed E-state index contributed by atoms with van der Waals surface area (Å²) in [5.41, 5.74) is 3.50. The Morgan fingerprint density at radius 1 is 1.04 bits per heavy atom. The van der Waals surface area contributed by atoms with Crippen LogP contribution in [0.4, 0.5) is 10.8 Å². The third-order valence-corrected chi connectivity index (χ3v) is 4.70. The molecule has 1 atom stereocenters. The molecule has 0 aliphatic rings. The van der Waals surface area contributed by atoms with Crippen LogP contribution in [0, 0.1) is 6.92 Å². The minimum atomic E-state index is -0.646. The lowest BCUT2D eigenvalue weighted by Crippen LogP contribution is -2.30. The van der Waals surface area contributed by atoms with E-state index >= 15 is 0 Å². The van der Waals surface area contributed by atoms with Crippen molar-refractivity contribution in [1.82, 2.24) is 4.98 Å². The van der Waals surface area contributed by atoms with Crippen LogP contribution in [0.3, 0.4) is 0 Å². The maximum atomic E-state index is 12.4. The van der Waals surface area contributed by atoms with Gasteiger partial charge in [-0.15, -0.1) is 11.3 Å². The molecule has 6 nitrogen and oxygen atoms in total. The summed E-state index contributed by atoms with van der Waals surface area (Å²) in [5, 5.41) is 7.88. The summed E-state index contributed by atoms with van der Waals surface area (Å²) < 4.78 is 5.67. The predicted octanol–water partition coefficient (Wildman–Crippen LogP) is 4.48. The van der Waals surface area contributed by atoms with Crippen LogP contribution in [-0.2, 0) is 9.59 Å². The van der Waals surface area contributed by atoms with Gasteiger partial charge in [-0.2, -0.15) is 0 Å². The molecule has 0 fully saturated rings. The molecule has 3 rings (SSSR count). The van der Waals surface area contributed by atoms with Crippen LogP contribution in [0.5, 0.6) is 5.75 Å². The van der Waals surface area contributed by atoms with E-state index in [2.05, 4.69) is 15.6 Å². The Kier molecular flexibility index (Phi) is 6.06. The first-order valence-electron chi connectivity index (χ1n) is 8.78. The minimum absolute atomic E-state index is 0.117. The number of carbonyl (C=O) groups is 2. The van der Waals surface area contributed by atoms with E-state index in [4.69, 9.17) is 4.74 Å². The van der Waals surface area contributed by atoms with Crippen molar-refractivity contribution in [2.24, 2.45) is 0 Å². The first-order valence-corrected chi connectivity index (χ1v) is 9.66. The average molecular weight is 395 g/mol. The average Bonchev–Trinajstić information content (AvgIpc) is 3.12. The number of thiazole rings is 1. The van der Waals surface area contributed by atoms with Crippen molar-refractivity contribution >= 4 is 34.0 Å². The van der Waals surface area contributed by atoms with Gasteiger partial charge in [0.05, 0.1) is 5.69 Å². The van der Waals surface area contributed by atoms with E-state index < -0.39 is 6.10 Å². The molecule has 2 aromatic carbocycles. The second-order valence-corrected chi connectivity index (χ2v) is 7.22. The SMILES string of the molecule is CC(=O)Nc1ccc(-c2csc(NC(=O)[C@H](C)Oc3ccc(C)cc3)n2)cc1. The van der Waals surface area contributed by atoms with E-state index in [0.717, 1.165) is 22.5 Å². The summed E-state index contributed by atoms with van der Waals surface area (Å²) in [6.07, 6.45) is -0.646. The van der Waals surface area contributed by atoms with E-state index in [1.54, 1.807) is 6.92 Å². The van der Waals surface area contributed by atoms with Crippen LogP contribution in [0.25, 0.3) is 11.3 Å². The van der Waals surface area contributed by atoms with E-state index in [0.29, 0.717) is 10.9 Å². The lowest BCUT2D eigenvalue weighted by atomic mass is 10.1. The summed E-state index contributed by atoms with van der Waals surface area (Å²) in [7, 11) is 0. The van der Waals surface area contributed by atoms with Gasteiger partial charge < -0.3 is 10.1 Å². The Morgan fingerprint density at radius 3 is 2.36 bits per heavy atom. The summed E-state index contributed by atoms with van der Waals surface area (Å²) in [5.74, 6) is 0.267. The van der Waals surface area contributed by atoms with Gasteiger partial charge in [-0.3, -0.25) is 14.9 Å². The monoisotopic (exact) mass is 395 g/mol. The lowest BCUT2D eigenvalue weighted by molar-refractivity contribution is -0.122. The zero-order valence-electron chi connectivity index (χ0n) is 15.9. The third kappa shape index (κ3) is 5.17. The van der Waals surface area contributed by atoms with Gasteiger partial charge in [-0.25, -0.2) is 4.98 Å². The summed E-state index contributed by atoms with van der Waals surface area (Å²) >= 11 is 1.34. The Hall–Kier alpha value is -3.19. The highest BCUT2D eigenvalue weighted by Crippen LogP contribution is 2.26. The van der Waals surface area contributed by atoms with E-state index in [-0.39, 0.29) is 11.8 Å². The van der Waals surface area contributed by atoms with Gasteiger partial charge in [-0.05, 0) is 38.1 Å². The number of anilines is 2. The first kappa shape index (κ1) is 19.6. The molecule has 0 saturated carbocycles. The van der Waals surface area contributed by atoms with Gasteiger partial charge >= 0.3 is 0 Å². The highest BCUT2D eigenvalue weighted by Gasteiger charge is 2.16. The van der Waals surface area contributed by atoms with Gasteiger partial charge in [0.25, 0.3) is 5.91 Å². The molecule has 1 aromatic heterocycles. The van der Waals surface area contributed by atoms with Crippen LogP contribution in [-0.4, -0.2) is 22.9 Å². The highest BCUT2D eigenvalue weighted by atomic mass is 32.1. The zero-order valence-corrected chi connectivity index (χ0v) is 16.7. The Labute approximate surface area is 167 Å². The van der Waals surface area contributed by atoms with E-state index in [1.807, 2.05) is 60.8 Å². The third-order valence-electron chi connectivity index (χ3n) is 3.94. The maximum Gasteiger partial charge on any atom is 0.266 e. The van der Waals surface area contributed by atoms with Gasteiger partial charge in [0.15, 0.2) is 11.2 Å². The van der Waals surface area contributed by atoms with Crippen molar-refractivity contribution in [3.05, 3.63) is 59.5 Å². The number of carbonyl (C=O) groups excluding carboxylic acids is 2. The van der Waals surface area contributed by atoms with Crippen molar-refractivity contribution in [3.63, 3.8) is 0 Å². The molecule has 144 valence electrons. The number of amides is 2. The normalized spacial score (nSPS) is 11.5. The van der Waals surface area contributed by atoms with Crippen molar-refractivity contribution < 1.29 is 14.3 Å². The van der Waals surface area contributed by atoms with Crippen molar-refractivity contribution in [2.45, 2.75) is 26.9 Å². The zero-order chi connectivity index (χ0) is 20.1. The molecule has 0 saturated heterocycles. The molecule has 2 amide bonds. The molecule has 2 N–H and O–H groups in total. The molecular weight excluding hydrogens is 374 g/mol. The number of nitrogens with one attached hydrogen (secondary N) is 2. The molecular formula is C21H21N3O3S. The number of aryl methyl sites for hydroxylation is 1. The van der Waals surface area contributed by atoms with E-state index in [9.17, 15) is 9.59 Å². The minimum Gasteiger partial charge on any atom is -0.481 e. The summed E-state index contributed by atoms with van der Waals surface area (Å²) in [4.78, 5) is 27.9. The summed E-state index contributed by atoms with van der Waals surface area (Å²) in [6.45, 7) is 5.16. The van der Waals surface area contributed by atoms with Gasteiger partial charge in [0, 0.05) is 23.6 Å². The summed E-state index contributed by atoms with van der Waals surface area (Å²) in [6, 6.07) is 14.9. The number of ether oxygens (including phenoxy) is 1. The van der Waals surface area contributed by atoms with Crippen molar-refractivity contribution in [2.75, 3.05) is 10.6 Å². The molecule has 0 unspecified atom stereocenters. The molecule has 0 bridgehead atoms. The molecule has 0 radical (unpaired) electrons. The molecule has 0 aliphatic carbocycles. The number of hydrogen-bond acceptors (Lipinski definition) is 5. The quantitative estimate of drug-likeness (QED) is 0.645. The van der Waals surface area contributed by atoms with Crippen molar-refractivity contribution in [3.8, 4) is 17.0 Å². The first-order chi connectivity index (χ1) is 13.4. The Morgan fingerprint density at radius 2 is 1.71 bits per heavy atom. The smallest absolute Gasteiger partial charge is 0.266 e. The molecule has 3 aromatic rings. The predicted molar refractivity (Wildman–Crippen MR) is 112 cm³/mol. The van der Waals surface area contributed by atoms with Gasteiger partial charge in [-0.1, -0.05) is 29.8 Å². The Bertz CT molecular complexity index is 965. The Balaban J connectivity index is 1.61. The fourth-order valence-corrected chi connectivity index (χ4v) is 3.20. The number of nitrogens with zero attached hydrogens (tertiary/aromatic N) is 1. The second kappa shape index (κ2) is 8.67. The molecule has 0 aliphatic heterocycles. The van der Waals surface area contributed by atoms with Crippen LogP contribution in [0.15, 0.2) is 53.9 Å². The molecule has 7 heteroatoms. The topological polar surface area (TPSA) is 80.3 Å². The standard InChI is InChI=1S/C21H21N3O3S/c1-13-4-10-18(11-5-13)27-14(2)20(26)24-21-23-19(12-28-21)16-6-8-17(9-7-16)22-15(3)25/h4-12,14H,1-3H3,(H,22,25)(H,23,24,26)/t14-/m0/s1. The fraction of sp³-hybridized carbons (Fsp3) is 0.190.